The van der Waals surface area contributed by atoms with Crippen LogP contribution in [0.15, 0.2) is 12.1 Å². The molecule has 0 unspecified atom stereocenters. The Bertz CT molecular complexity index is 453. The largest absolute Gasteiger partial charge is 0.351 e. The van der Waals surface area contributed by atoms with Crippen molar-refractivity contribution in [2.45, 2.75) is 32.6 Å². The third-order valence-electron chi connectivity index (χ3n) is 3.85. The summed E-state index contributed by atoms with van der Waals surface area (Å²) in [5.41, 5.74) is 0.675. The minimum Gasteiger partial charge on any atom is -0.351 e. The van der Waals surface area contributed by atoms with Gasteiger partial charge in [0.15, 0.2) is 0 Å². The number of carbonyl (C=O) groups is 1. The van der Waals surface area contributed by atoms with E-state index in [2.05, 4.69) is 17.2 Å². The van der Waals surface area contributed by atoms with Crippen molar-refractivity contribution in [1.29, 1.82) is 0 Å². The zero-order chi connectivity index (χ0) is 13.2. The topological polar surface area (TPSA) is 42.0 Å². The fraction of sp³-hybridized carbons (Fsp3) is 0.538. The second kappa shape index (κ2) is 5.45. The second-order valence-electron chi connectivity index (χ2n) is 4.86. The molecule has 1 fully saturated rings. The highest BCUT2D eigenvalue weighted by Crippen LogP contribution is 2.43. The quantitative estimate of drug-likeness (QED) is 0.858. The zero-order valence-electron chi connectivity index (χ0n) is 10.3. The summed E-state index contributed by atoms with van der Waals surface area (Å²) in [4.78, 5) is 15.9. The molecule has 3 nitrogen and oxygen atoms in total. The van der Waals surface area contributed by atoms with Gasteiger partial charge in [0.05, 0.1) is 5.56 Å². The van der Waals surface area contributed by atoms with Crippen LogP contribution in [0, 0.1) is 5.41 Å². The number of nitrogens with zero attached hydrogens (tertiary/aromatic N) is 1. The lowest BCUT2D eigenvalue weighted by Crippen LogP contribution is -2.41. The van der Waals surface area contributed by atoms with Gasteiger partial charge in [-0.15, -0.1) is 0 Å². The van der Waals surface area contributed by atoms with E-state index >= 15 is 0 Å². The Hall–Kier alpha value is -0.800. The first-order valence-corrected chi connectivity index (χ1v) is 6.92. The summed E-state index contributed by atoms with van der Waals surface area (Å²) in [6.07, 6.45) is 4.74. The molecule has 0 bridgehead atoms. The fourth-order valence-corrected chi connectivity index (χ4v) is 2.71. The van der Waals surface area contributed by atoms with E-state index in [1.54, 1.807) is 12.1 Å². The lowest BCUT2D eigenvalue weighted by atomic mass is 9.67. The van der Waals surface area contributed by atoms with Crippen molar-refractivity contribution in [2.75, 3.05) is 6.54 Å². The van der Waals surface area contributed by atoms with Crippen LogP contribution in [-0.2, 0) is 0 Å². The highest BCUT2D eigenvalue weighted by atomic mass is 35.5. The molecular formula is C13H16Cl2N2O. The van der Waals surface area contributed by atoms with E-state index in [0.29, 0.717) is 22.7 Å². The molecule has 1 N–H and O–H groups in total. The monoisotopic (exact) mass is 286 g/mol. The Balaban J connectivity index is 1.99. The standard InChI is InChI=1S/C13H16Cl2N2O/c1-2-13(6-3-7-13)8-16-12(18)9-4-5-10(14)17-11(9)15/h4-5H,2-3,6-8H2,1H3,(H,16,18). The molecule has 18 heavy (non-hydrogen) atoms. The van der Waals surface area contributed by atoms with Gasteiger partial charge < -0.3 is 5.32 Å². The lowest BCUT2D eigenvalue weighted by Gasteiger charge is -2.41. The van der Waals surface area contributed by atoms with Gasteiger partial charge in [0.1, 0.15) is 10.3 Å². The molecule has 1 aliphatic carbocycles. The molecule has 1 aromatic heterocycles. The van der Waals surface area contributed by atoms with Crippen LogP contribution in [0.1, 0.15) is 43.0 Å². The molecule has 5 heteroatoms. The number of amides is 1. The molecule has 1 aliphatic rings. The summed E-state index contributed by atoms with van der Waals surface area (Å²) < 4.78 is 0. The highest BCUT2D eigenvalue weighted by molar-refractivity contribution is 6.34. The Kier molecular flexibility index (Phi) is 4.13. The smallest absolute Gasteiger partial charge is 0.254 e. The van der Waals surface area contributed by atoms with Crippen LogP contribution in [0.25, 0.3) is 0 Å². The summed E-state index contributed by atoms with van der Waals surface area (Å²) in [5, 5.41) is 3.39. The summed E-state index contributed by atoms with van der Waals surface area (Å²) in [5.74, 6) is -0.177. The van der Waals surface area contributed by atoms with Crippen molar-refractivity contribution < 1.29 is 4.79 Å². The van der Waals surface area contributed by atoms with Crippen LogP contribution in [-0.4, -0.2) is 17.4 Å². The summed E-state index contributed by atoms with van der Waals surface area (Å²) in [7, 11) is 0. The molecule has 0 radical (unpaired) electrons. The predicted octanol–water partition coefficient (Wildman–Crippen LogP) is 3.70. The highest BCUT2D eigenvalue weighted by Gasteiger charge is 2.35. The predicted molar refractivity (Wildman–Crippen MR) is 73.2 cm³/mol. The summed E-state index contributed by atoms with van der Waals surface area (Å²) in [6, 6.07) is 3.17. The summed E-state index contributed by atoms with van der Waals surface area (Å²) >= 11 is 11.6. The van der Waals surface area contributed by atoms with Gasteiger partial charge >= 0.3 is 0 Å². The van der Waals surface area contributed by atoms with E-state index in [4.69, 9.17) is 23.2 Å². The molecule has 0 saturated heterocycles. The van der Waals surface area contributed by atoms with Gasteiger partial charge in [0, 0.05) is 6.54 Å². The molecule has 2 rings (SSSR count). The van der Waals surface area contributed by atoms with Gasteiger partial charge in [-0.3, -0.25) is 4.79 Å². The van der Waals surface area contributed by atoms with Crippen molar-refractivity contribution in [1.82, 2.24) is 10.3 Å². The molecule has 0 aromatic carbocycles. The minimum atomic E-state index is -0.177. The fourth-order valence-electron chi connectivity index (χ4n) is 2.28. The Morgan fingerprint density at radius 1 is 1.44 bits per heavy atom. The molecule has 0 aliphatic heterocycles. The number of carbonyl (C=O) groups excluding carboxylic acids is 1. The third kappa shape index (κ3) is 2.78. The van der Waals surface area contributed by atoms with Crippen molar-refractivity contribution in [3.8, 4) is 0 Å². The average Bonchev–Trinajstić information content (AvgIpc) is 2.27. The van der Waals surface area contributed by atoms with Crippen molar-refractivity contribution >= 4 is 29.1 Å². The Morgan fingerprint density at radius 2 is 2.17 bits per heavy atom. The maximum atomic E-state index is 12.0. The molecule has 0 atom stereocenters. The molecule has 1 aromatic rings. The Labute approximate surface area is 117 Å². The summed E-state index contributed by atoms with van der Waals surface area (Å²) in [6.45, 7) is 2.88. The third-order valence-corrected chi connectivity index (χ3v) is 4.35. The van der Waals surface area contributed by atoms with Crippen LogP contribution in [0.3, 0.4) is 0 Å². The van der Waals surface area contributed by atoms with Crippen LogP contribution >= 0.6 is 23.2 Å². The first-order valence-electron chi connectivity index (χ1n) is 6.16. The van der Waals surface area contributed by atoms with Crippen molar-refractivity contribution in [3.05, 3.63) is 28.0 Å². The first kappa shape index (κ1) is 13.6. The van der Waals surface area contributed by atoms with Crippen molar-refractivity contribution in [3.63, 3.8) is 0 Å². The van der Waals surface area contributed by atoms with Crippen LogP contribution in [0.4, 0.5) is 0 Å². The molecule has 1 heterocycles. The molecule has 98 valence electrons. The minimum absolute atomic E-state index is 0.152. The first-order chi connectivity index (χ1) is 8.56. The van der Waals surface area contributed by atoms with E-state index in [1.165, 1.54) is 19.3 Å². The SMILES string of the molecule is CCC1(CNC(=O)c2ccc(Cl)nc2Cl)CCC1. The molecule has 1 saturated carbocycles. The van der Waals surface area contributed by atoms with E-state index in [9.17, 15) is 4.79 Å². The number of aromatic nitrogens is 1. The number of rotatable bonds is 4. The average molecular weight is 287 g/mol. The molecule has 0 spiro atoms. The lowest BCUT2D eigenvalue weighted by molar-refractivity contribution is 0.0850. The number of nitrogens with one attached hydrogen (secondary N) is 1. The van der Waals surface area contributed by atoms with E-state index < -0.39 is 0 Å². The normalized spacial score (nSPS) is 17.1. The van der Waals surface area contributed by atoms with E-state index in [-0.39, 0.29) is 11.1 Å². The molecule has 1 amide bonds. The maximum absolute atomic E-state index is 12.0. The van der Waals surface area contributed by atoms with Crippen LogP contribution < -0.4 is 5.32 Å². The number of halogens is 2. The number of hydrogen-bond acceptors (Lipinski definition) is 2. The van der Waals surface area contributed by atoms with Gasteiger partial charge in [-0.25, -0.2) is 4.98 Å². The van der Waals surface area contributed by atoms with Crippen LogP contribution in [0.2, 0.25) is 10.3 Å². The Morgan fingerprint density at radius 3 is 2.67 bits per heavy atom. The van der Waals surface area contributed by atoms with Gasteiger partial charge in [-0.05, 0) is 36.8 Å². The van der Waals surface area contributed by atoms with E-state index in [0.717, 1.165) is 6.42 Å². The molecular weight excluding hydrogens is 271 g/mol. The van der Waals surface area contributed by atoms with Crippen molar-refractivity contribution in [2.24, 2.45) is 5.41 Å². The second-order valence-corrected chi connectivity index (χ2v) is 5.61. The van der Waals surface area contributed by atoms with E-state index in [1.807, 2.05) is 0 Å². The zero-order valence-corrected chi connectivity index (χ0v) is 11.8. The van der Waals surface area contributed by atoms with Gasteiger partial charge in [-0.2, -0.15) is 0 Å². The maximum Gasteiger partial charge on any atom is 0.254 e. The van der Waals surface area contributed by atoms with Crippen LogP contribution in [0.5, 0.6) is 0 Å². The van der Waals surface area contributed by atoms with Gasteiger partial charge in [-0.1, -0.05) is 36.5 Å². The van der Waals surface area contributed by atoms with Gasteiger partial charge in [0.25, 0.3) is 5.91 Å². The van der Waals surface area contributed by atoms with Gasteiger partial charge in [0.2, 0.25) is 0 Å². The number of hydrogen-bond donors (Lipinski definition) is 1. The number of pyridine rings is 1.